The first-order valence-corrected chi connectivity index (χ1v) is 6.40. The van der Waals surface area contributed by atoms with Crippen LogP contribution in [0.1, 0.15) is 5.56 Å². The quantitative estimate of drug-likeness (QED) is 0.556. The van der Waals surface area contributed by atoms with Crippen LogP contribution in [0.25, 0.3) is 0 Å². The van der Waals surface area contributed by atoms with Crippen molar-refractivity contribution in [3.8, 4) is 0 Å². The van der Waals surface area contributed by atoms with Gasteiger partial charge in [-0.05, 0) is 31.2 Å². The van der Waals surface area contributed by atoms with Gasteiger partial charge in [-0.15, -0.1) is 0 Å². The molecule has 0 spiro atoms. The summed E-state index contributed by atoms with van der Waals surface area (Å²) in [6.07, 6.45) is 4.36. The number of quaternary nitrogens is 1. The van der Waals surface area contributed by atoms with E-state index in [1.807, 2.05) is 6.92 Å². The van der Waals surface area contributed by atoms with Crippen LogP contribution in [0.15, 0.2) is 41.3 Å². The predicted molar refractivity (Wildman–Crippen MR) is 59.9 cm³/mol. The second kappa shape index (κ2) is 5.79. The molecule has 0 unspecified atom stereocenters. The van der Waals surface area contributed by atoms with Crippen molar-refractivity contribution in [2.45, 2.75) is 11.8 Å². The number of nitrogens with two attached hydrogens (primary N) is 1. The zero-order chi connectivity index (χ0) is 12.0. The van der Waals surface area contributed by atoms with Crippen molar-refractivity contribution in [1.82, 2.24) is 0 Å². The molecule has 0 amide bonds. The maximum atomic E-state index is 10.4. The molecule has 0 saturated carbocycles. The van der Waals surface area contributed by atoms with E-state index in [-0.39, 0.29) is 4.90 Å². The molecular weight excluding hydrogens is 226 g/mol. The standard InChI is InChI=1S/C7H8O3S.C4H7N/c1-6-2-4-7(5-3-6)11(8,9)10;1-2-4-5-3-1/h2-5H,1H3,(H,8,9,10);1-2,5H,3-4H2. The molecule has 0 radical (unpaired) electrons. The zero-order valence-electron chi connectivity index (χ0n) is 9.09. The van der Waals surface area contributed by atoms with E-state index in [0.29, 0.717) is 0 Å². The second-order valence-electron chi connectivity index (χ2n) is 3.50. The lowest BCUT2D eigenvalue weighted by atomic mass is 10.2. The van der Waals surface area contributed by atoms with Gasteiger partial charge in [0.25, 0.3) is 0 Å². The van der Waals surface area contributed by atoms with Crippen molar-refractivity contribution >= 4 is 10.1 Å². The Morgan fingerprint density at radius 3 is 1.94 bits per heavy atom. The summed E-state index contributed by atoms with van der Waals surface area (Å²) in [6, 6.07) is 5.78. The second-order valence-corrected chi connectivity index (χ2v) is 4.88. The molecule has 0 bridgehead atoms. The molecule has 0 fully saturated rings. The van der Waals surface area contributed by atoms with Gasteiger partial charge in [0.05, 0.1) is 18.0 Å². The van der Waals surface area contributed by atoms with Crippen LogP contribution in [0.2, 0.25) is 0 Å². The van der Waals surface area contributed by atoms with Gasteiger partial charge >= 0.3 is 0 Å². The van der Waals surface area contributed by atoms with E-state index in [0.717, 1.165) is 5.56 Å². The molecule has 1 aromatic carbocycles. The number of aryl methyl sites for hydroxylation is 1. The molecule has 0 saturated heterocycles. The monoisotopic (exact) mass is 241 g/mol. The Morgan fingerprint density at radius 2 is 1.62 bits per heavy atom. The number of benzene rings is 1. The van der Waals surface area contributed by atoms with E-state index < -0.39 is 10.1 Å². The Hall–Kier alpha value is -1.17. The normalized spacial score (nSPS) is 14.4. The fraction of sp³-hybridized carbons (Fsp3) is 0.273. The van der Waals surface area contributed by atoms with E-state index in [1.54, 1.807) is 12.1 Å². The van der Waals surface area contributed by atoms with Gasteiger partial charge in [-0.3, -0.25) is 0 Å². The van der Waals surface area contributed by atoms with Crippen LogP contribution >= 0.6 is 0 Å². The summed E-state index contributed by atoms with van der Waals surface area (Å²) in [5.41, 5.74) is 0.928. The van der Waals surface area contributed by atoms with Crippen LogP contribution in [-0.2, 0) is 10.1 Å². The van der Waals surface area contributed by atoms with Gasteiger partial charge in [-0.1, -0.05) is 17.7 Å². The first-order valence-electron chi connectivity index (χ1n) is 4.99. The van der Waals surface area contributed by atoms with Crippen molar-refractivity contribution in [1.29, 1.82) is 0 Å². The van der Waals surface area contributed by atoms with Crippen LogP contribution in [0.4, 0.5) is 0 Å². The lowest BCUT2D eigenvalue weighted by Gasteiger charge is -2.05. The van der Waals surface area contributed by atoms with Crippen LogP contribution < -0.4 is 5.32 Å². The molecule has 88 valence electrons. The third-order valence-corrected chi connectivity index (χ3v) is 2.93. The molecule has 1 heterocycles. The first kappa shape index (κ1) is 12.9. The molecule has 0 aliphatic carbocycles. The molecule has 5 heteroatoms. The van der Waals surface area contributed by atoms with Gasteiger partial charge in [0.15, 0.2) is 0 Å². The van der Waals surface area contributed by atoms with Crippen molar-refractivity contribution in [2.24, 2.45) is 0 Å². The number of rotatable bonds is 1. The maximum Gasteiger partial charge on any atom is 0.124 e. The summed E-state index contributed by atoms with van der Waals surface area (Å²) >= 11 is 0. The van der Waals surface area contributed by atoms with Crippen molar-refractivity contribution in [3.63, 3.8) is 0 Å². The summed E-state index contributed by atoms with van der Waals surface area (Å²) in [5, 5.41) is 2.25. The molecule has 16 heavy (non-hydrogen) atoms. The summed E-state index contributed by atoms with van der Waals surface area (Å²) < 4.78 is 31.2. The van der Waals surface area contributed by atoms with Crippen LogP contribution in [0.5, 0.6) is 0 Å². The smallest absolute Gasteiger partial charge is 0.124 e. The lowest BCUT2D eigenvalue weighted by molar-refractivity contribution is -0.629. The Morgan fingerprint density at radius 1 is 1.12 bits per heavy atom. The van der Waals surface area contributed by atoms with Crippen molar-refractivity contribution in [2.75, 3.05) is 13.1 Å². The Labute approximate surface area is 95.7 Å². The summed E-state index contributed by atoms with van der Waals surface area (Å²) in [6.45, 7) is 4.21. The Bertz CT molecular complexity index is 443. The van der Waals surface area contributed by atoms with E-state index in [4.69, 9.17) is 0 Å². The maximum absolute atomic E-state index is 10.4. The molecule has 1 aliphatic rings. The third-order valence-electron chi connectivity index (χ3n) is 2.08. The highest BCUT2D eigenvalue weighted by Crippen LogP contribution is 2.08. The highest BCUT2D eigenvalue weighted by molar-refractivity contribution is 7.85. The van der Waals surface area contributed by atoms with E-state index >= 15 is 0 Å². The van der Waals surface area contributed by atoms with Gasteiger partial charge in [0, 0.05) is 0 Å². The fourth-order valence-corrected chi connectivity index (χ4v) is 1.66. The summed E-state index contributed by atoms with van der Waals surface area (Å²) in [7, 11) is -4.27. The van der Waals surface area contributed by atoms with Crippen molar-refractivity contribution in [3.05, 3.63) is 42.0 Å². The lowest BCUT2D eigenvalue weighted by Crippen LogP contribution is -2.81. The third kappa shape index (κ3) is 4.57. The molecule has 0 atom stereocenters. The van der Waals surface area contributed by atoms with Crippen molar-refractivity contribution < 1.29 is 18.3 Å². The number of hydrogen-bond donors (Lipinski definition) is 1. The minimum absolute atomic E-state index is 0.178. The minimum Gasteiger partial charge on any atom is -0.744 e. The minimum atomic E-state index is -4.27. The van der Waals surface area contributed by atoms with E-state index in [2.05, 4.69) is 17.5 Å². The molecular formula is C11H15NO3S. The molecule has 2 rings (SSSR count). The summed E-state index contributed by atoms with van der Waals surface area (Å²) in [4.78, 5) is -0.178. The van der Waals surface area contributed by atoms with Crippen LogP contribution in [-0.4, -0.2) is 26.1 Å². The van der Waals surface area contributed by atoms with Gasteiger partial charge in [-0.25, -0.2) is 8.42 Å². The highest BCUT2D eigenvalue weighted by atomic mass is 32.2. The molecule has 4 nitrogen and oxygen atoms in total. The van der Waals surface area contributed by atoms with Gasteiger partial charge < -0.3 is 9.87 Å². The summed E-state index contributed by atoms with van der Waals surface area (Å²) in [5.74, 6) is 0. The average molecular weight is 241 g/mol. The molecule has 2 N–H and O–H groups in total. The predicted octanol–water partition coefficient (Wildman–Crippen LogP) is 0.0187. The van der Waals surface area contributed by atoms with Crippen LogP contribution in [0, 0.1) is 6.92 Å². The fourth-order valence-electron chi connectivity index (χ4n) is 1.19. The largest absolute Gasteiger partial charge is 0.744 e. The Balaban J connectivity index is 0.000000212. The average Bonchev–Trinajstić information content (AvgIpc) is 2.74. The SMILES string of the molecule is C1=CC[NH2+]C1.Cc1ccc(S(=O)(=O)[O-])cc1. The molecule has 1 aliphatic heterocycles. The topological polar surface area (TPSA) is 73.8 Å². The van der Waals surface area contributed by atoms with E-state index in [1.165, 1.54) is 25.2 Å². The molecule has 1 aromatic rings. The van der Waals surface area contributed by atoms with Crippen LogP contribution in [0.3, 0.4) is 0 Å². The van der Waals surface area contributed by atoms with Gasteiger partial charge in [0.2, 0.25) is 0 Å². The number of hydrogen-bond acceptors (Lipinski definition) is 3. The van der Waals surface area contributed by atoms with Gasteiger partial charge in [-0.2, -0.15) is 0 Å². The molecule has 0 aromatic heterocycles. The van der Waals surface area contributed by atoms with E-state index in [9.17, 15) is 13.0 Å². The first-order chi connectivity index (χ1) is 7.50. The van der Waals surface area contributed by atoms with Gasteiger partial charge in [0.1, 0.15) is 10.1 Å². The Kier molecular flexibility index (Phi) is 4.67. The zero-order valence-corrected chi connectivity index (χ0v) is 9.91. The highest BCUT2D eigenvalue weighted by Gasteiger charge is 1.97.